The third-order valence-electron chi connectivity index (χ3n) is 3.39. The van der Waals surface area contributed by atoms with Crippen LogP contribution in [0.5, 0.6) is 5.75 Å². The number of hydrogen-bond acceptors (Lipinski definition) is 10. The highest BCUT2D eigenvalue weighted by Crippen LogP contribution is 2.33. The number of benzene rings is 1. The average molecular weight is 427 g/mol. The molecule has 0 aliphatic carbocycles. The molecular weight excluding hydrogens is 412 g/mol. The van der Waals surface area contributed by atoms with Crippen molar-refractivity contribution in [3.05, 3.63) is 50.5 Å². The Bertz CT molecular complexity index is 898. The minimum absolute atomic E-state index is 0.00695. The van der Waals surface area contributed by atoms with E-state index in [-0.39, 0.29) is 22.9 Å². The molecule has 10 nitrogen and oxygen atoms in total. The maximum Gasteiger partial charge on any atom is 0.364 e. The molecule has 0 aromatic heterocycles. The molecule has 0 saturated heterocycles. The van der Waals surface area contributed by atoms with Crippen LogP contribution in [-0.2, 0) is 14.4 Å². The quantitative estimate of drug-likeness (QED) is 0.367. The first-order valence-corrected chi connectivity index (χ1v) is 9.42. The summed E-state index contributed by atoms with van der Waals surface area (Å²) >= 11 is 7.24. The highest BCUT2D eigenvalue weighted by Gasteiger charge is 2.44. The molecular formula is C16H15ClN4O6S. The van der Waals surface area contributed by atoms with Gasteiger partial charge in [0.2, 0.25) is 5.71 Å². The lowest BCUT2D eigenvalue weighted by atomic mass is 10.2. The van der Waals surface area contributed by atoms with Crippen molar-refractivity contribution >= 4 is 35.0 Å². The van der Waals surface area contributed by atoms with Gasteiger partial charge in [0.25, 0.3) is 0 Å². The Morgan fingerprint density at radius 1 is 1.54 bits per heavy atom. The number of rotatable bonds is 7. The SMILES string of the molecule is CCOC(=O)C1=NC(SC)N(OC)C(Oc2cc(C#N)ccc2Cl)=C1[N+](=O)[O-]. The van der Waals surface area contributed by atoms with E-state index in [0.717, 1.165) is 16.8 Å². The van der Waals surface area contributed by atoms with Crippen LogP contribution in [0.15, 0.2) is 34.8 Å². The van der Waals surface area contributed by atoms with Crippen LogP contribution in [0.1, 0.15) is 12.5 Å². The number of esters is 1. The number of carbonyl (C=O) groups excluding carboxylic acids is 1. The summed E-state index contributed by atoms with van der Waals surface area (Å²) in [5.41, 5.74) is -1.89. The molecule has 1 atom stereocenters. The molecule has 0 saturated carbocycles. The number of halogens is 1. The summed E-state index contributed by atoms with van der Waals surface area (Å²) in [5.74, 6) is -1.41. The third-order valence-corrected chi connectivity index (χ3v) is 4.42. The van der Waals surface area contributed by atoms with Crippen LogP contribution < -0.4 is 4.74 Å². The Morgan fingerprint density at radius 2 is 2.25 bits per heavy atom. The summed E-state index contributed by atoms with van der Waals surface area (Å²) in [7, 11) is 1.27. The lowest BCUT2D eigenvalue weighted by molar-refractivity contribution is -0.421. The first-order chi connectivity index (χ1) is 13.4. The highest BCUT2D eigenvalue weighted by atomic mass is 35.5. The van der Waals surface area contributed by atoms with Gasteiger partial charge in [-0.05, 0) is 25.3 Å². The Hall–Kier alpha value is -2.81. The average Bonchev–Trinajstić information content (AvgIpc) is 2.68. The third kappa shape index (κ3) is 4.36. The molecule has 0 spiro atoms. The number of thioether (sulfide) groups is 1. The number of hydrogen-bond donors (Lipinski definition) is 0. The molecule has 1 aromatic rings. The van der Waals surface area contributed by atoms with Gasteiger partial charge in [0.1, 0.15) is 5.75 Å². The van der Waals surface area contributed by atoms with E-state index in [1.807, 2.05) is 6.07 Å². The normalized spacial score (nSPS) is 16.3. The number of hydroxylamine groups is 2. The monoisotopic (exact) mass is 426 g/mol. The molecule has 28 heavy (non-hydrogen) atoms. The van der Waals surface area contributed by atoms with E-state index >= 15 is 0 Å². The van der Waals surface area contributed by atoms with E-state index in [0.29, 0.717) is 0 Å². The largest absolute Gasteiger partial charge is 0.461 e. The zero-order chi connectivity index (χ0) is 20.8. The predicted molar refractivity (Wildman–Crippen MR) is 101 cm³/mol. The van der Waals surface area contributed by atoms with Crippen molar-refractivity contribution in [2.24, 2.45) is 4.99 Å². The fourth-order valence-corrected chi connectivity index (χ4v) is 2.95. The van der Waals surface area contributed by atoms with Crippen molar-refractivity contribution in [1.29, 1.82) is 5.26 Å². The van der Waals surface area contributed by atoms with Crippen LogP contribution in [-0.4, -0.2) is 47.1 Å². The van der Waals surface area contributed by atoms with Gasteiger partial charge in [-0.25, -0.2) is 9.79 Å². The number of nitrogens with zero attached hydrogens (tertiary/aromatic N) is 4. The van der Waals surface area contributed by atoms with E-state index in [4.69, 9.17) is 31.2 Å². The summed E-state index contributed by atoms with van der Waals surface area (Å²) in [4.78, 5) is 32.4. The zero-order valence-electron chi connectivity index (χ0n) is 15.0. The molecule has 1 aliphatic rings. The van der Waals surface area contributed by atoms with Crippen LogP contribution in [0.25, 0.3) is 0 Å². The topological polar surface area (TPSA) is 127 Å². The summed E-state index contributed by atoms with van der Waals surface area (Å²) in [6.07, 6.45) is 1.67. The van der Waals surface area contributed by atoms with Crippen molar-refractivity contribution in [3.63, 3.8) is 0 Å². The molecule has 0 radical (unpaired) electrons. The van der Waals surface area contributed by atoms with Crippen LogP contribution in [0.3, 0.4) is 0 Å². The molecule has 0 fully saturated rings. The van der Waals surface area contributed by atoms with E-state index in [2.05, 4.69) is 4.99 Å². The van der Waals surface area contributed by atoms with E-state index < -0.39 is 33.7 Å². The fourth-order valence-electron chi connectivity index (χ4n) is 2.21. The molecule has 0 bridgehead atoms. The van der Waals surface area contributed by atoms with Gasteiger partial charge in [-0.15, -0.1) is 11.8 Å². The first-order valence-electron chi connectivity index (χ1n) is 7.75. The van der Waals surface area contributed by atoms with Crippen molar-refractivity contribution in [3.8, 4) is 11.8 Å². The highest BCUT2D eigenvalue weighted by molar-refractivity contribution is 7.99. The summed E-state index contributed by atoms with van der Waals surface area (Å²) in [6, 6.07) is 6.10. The molecule has 1 heterocycles. The number of carbonyl (C=O) groups is 1. The summed E-state index contributed by atoms with van der Waals surface area (Å²) < 4.78 is 10.5. The predicted octanol–water partition coefficient (Wildman–Crippen LogP) is 2.56. The van der Waals surface area contributed by atoms with Gasteiger partial charge in [0, 0.05) is 6.07 Å². The fraction of sp³-hybridized carbons (Fsp3) is 0.312. The number of nitro groups is 1. The van der Waals surface area contributed by atoms with Crippen LogP contribution >= 0.6 is 23.4 Å². The lowest BCUT2D eigenvalue weighted by Gasteiger charge is -2.31. The van der Waals surface area contributed by atoms with Crippen LogP contribution in [0.4, 0.5) is 0 Å². The van der Waals surface area contributed by atoms with Crippen molar-refractivity contribution in [1.82, 2.24) is 5.06 Å². The Labute approximate surface area is 169 Å². The number of ether oxygens (including phenoxy) is 2. The van der Waals surface area contributed by atoms with Gasteiger partial charge in [-0.2, -0.15) is 10.3 Å². The van der Waals surface area contributed by atoms with Gasteiger partial charge in [-0.3, -0.25) is 15.0 Å². The lowest BCUT2D eigenvalue weighted by Crippen LogP contribution is -2.42. The van der Waals surface area contributed by atoms with Crippen LogP contribution in [0, 0.1) is 21.4 Å². The van der Waals surface area contributed by atoms with E-state index in [1.54, 1.807) is 13.2 Å². The molecule has 0 N–H and O–H groups in total. The number of nitriles is 1. The molecule has 1 aliphatic heterocycles. The standard InChI is InChI=1S/C16H15ClN4O6S/c1-4-26-15(22)12-13(21(23)24)14(20(25-2)16(19-12)28-3)27-11-7-9(8-18)5-6-10(11)17/h5-7,16H,4H2,1-3H3. The van der Waals surface area contributed by atoms with Gasteiger partial charge < -0.3 is 9.47 Å². The Morgan fingerprint density at radius 3 is 2.79 bits per heavy atom. The molecule has 1 unspecified atom stereocenters. The Kier molecular flexibility index (Phi) is 7.22. The molecule has 12 heteroatoms. The van der Waals surface area contributed by atoms with E-state index in [1.165, 1.54) is 25.3 Å². The van der Waals surface area contributed by atoms with Gasteiger partial charge in [0.05, 0.1) is 35.3 Å². The van der Waals surface area contributed by atoms with Gasteiger partial charge >= 0.3 is 17.5 Å². The van der Waals surface area contributed by atoms with Gasteiger partial charge in [0.15, 0.2) is 5.50 Å². The molecule has 2 rings (SSSR count). The van der Waals surface area contributed by atoms with Crippen molar-refractivity contribution in [2.45, 2.75) is 12.4 Å². The number of aliphatic imine (C=N–C) groups is 1. The van der Waals surface area contributed by atoms with Crippen molar-refractivity contribution < 1.29 is 24.0 Å². The minimum Gasteiger partial charge on any atom is -0.461 e. The molecule has 1 aromatic carbocycles. The van der Waals surface area contributed by atoms with Crippen LogP contribution in [0.2, 0.25) is 5.02 Å². The maximum atomic E-state index is 12.2. The summed E-state index contributed by atoms with van der Waals surface area (Å²) in [5, 5.41) is 21.9. The maximum absolute atomic E-state index is 12.2. The zero-order valence-corrected chi connectivity index (χ0v) is 16.6. The van der Waals surface area contributed by atoms with E-state index in [9.17, 15) is 14.9 Å². The smallest absolute Gasteiger partial charge is 0.364 e. The molecule has 148 valence electrons. The second-order valence-corrected chi connectivity index (χ2v) is 6.34. The molecule has 0 amide bonds. The Balaban J connectivity index is 2.66. The minimum atomic E-state index is -0.970. The van der Waals surface area contributed by atoms with Gasteiger partial charge in [-0.1, -0.05) is 11.6 Å². The second-order valence-electron chi connectivity index (χ2n) is 5.04. The summed E-state index contributed by atoms with van der Waals surface area (Å²) in [6.45, 7) is 1.57. The first kappa shape index (κ1) is 21.5. The second kappa shape index (κ2) is 9.41. The van der Waals surface area contributed by atoms with Crippen molar-refractivity contribution in [2.75, 3.05) is 20.0 Å².